The molecule has 64 valence electrons. The quantitative estimate of drug-likeness (QED) is 0.623. The van der Waals surface area contributed by atoms with Gasteiger partial charge in [0, 0.05) is 16.2 Å². The van der Waals surface area contributed by atoms with E-state index in [4.69, 9.17) is 0 Å². The van der Waals surface area contributed by atoms with E-state index in [1.807, 2.05) is 18.3 Å². The van der Waals surface area contributed by atoms with Crippen molar-refractivity contribution in [3.63, 3.8) is 0 Å². The predicted octanol–water partition coefficient (Wildman–Crippen LogP) is 3.27. The molecule has 1 aromatic rings. The van der Waals surface area contributed by atoms with Gasteiger partial charge in [-0.3, -0.25) is 0 Å². The lowest BCUT2D eigenvalue weighted by Gasteiger charge is -1.88. The van der Waals surface area contributed by atoms with Crippen molar-refractivity contribution in [1.82, 2.24) is 0 Å². The van der Waals surface area contributed by atoms with Crippen LogP contribution in [0, 0.1) is 11.8 Å². The van der Waals surface area contributed by atoms with Crippen LogP contribution in [-0.4, -0.2) is 0 Å². The maximum absolute atomic E-state index is 3.08. The summed E-state index contributed by atoms with van der Waals surface area (Å²) in [7, 11) is 0. The predicted molar refractivity (Wildman–Crippen MR) is 55.5 cm³/mol. The Hall–Kier alpha value is -0.740. The smallest absolute Gasteiger partial charge is 0.0137 e. The molecular formula is C11H14S. The van der Waals surface area contributed by atoms with E-state index in [1.54, 1.807) is 0 Å². The zero-order valence-electron chi connectivity index (χ0n) is 7.68. The van der Waals surface area contributed by atoms with Crippen LogP contribution in [0.4, 0.5) is 0 Å². The van der Waals surface area contributed by atoms with E-state index in [9.17, 15) is 0 Å². The summed E-state index contributed by atoms with van der Waals surface area (Å²) < 4.78 is 0. The average molecular weight is 178 g/mol. The molecule has 0 aliphatic heterocycles. The normalized spacial score (nSPS) is 9.17. The van der Waals surface area contributed by atoms with E-state index in [-0.39, 0.29) is 0 Å². The highest BCUT2D eigenvalue weighted by Gasteiger charge is 1.96. The lowest BCUT2D eigenvalue weighted by atomic mass is 10.2. The Balaban J connectivity index is 2.45. The summed E-state index contributed by atoms with van der Waals surface area (Å²) in [6.45, 7) is 4.09. The van der Waals surface area contributed by atoms with E-state index in [0.29, 0.717) is 0 Å². The van der Waals surface area contributed by atoms with Crippen molar-refractivity contribution in [1.29, 1.82) is 0 Å². The van der Waals surface area contributed by atoms with Crippen molar-refractivity contribution in [2.75, 3.05) is 0 Å². The lowest BCUT2D eigenvalue weighted by molar-refractivity contribution is 1.06. The molecule has 0 atom stereocenters. The Morgan fingerprint density at radius 1 is 1.33 bits per heavy atom. The second-order valence-electron chi connectivity index (χ2n) is 2.65. The molecule has 0 N–H and O–H groups in total. The van der Waals surface area contributed by atoms with E-state index in [1.165, 1.54) is 9.75 Å². The highest BCUT2D eigenvalue weighted by atomic mass is 32.1. The van der Waals surface area contributed by atoms with Crippen molar-refractivity contribution in [3.8, 4) is 11.8 Å². The zero-order valence-corrected chi connectivity index (χ0v) is 8.50. The molecule has 12 heavy (non-hydrogen) atoms. The standard InChI is InChI=1S/C11H14S/c1-3-5-6-7-11-9-8-10(4-2)12-11/h8-9H,4,6-7H2,1-2H3. The number of hydrogen-bond acceptors (Lipinski definition) is 1. The summed E-state index contributed by atoms with van der Waals surface area (Å²) in [6.07, 6.45) is 3.27. The molecule has 1 heterocycles. The van der Waals surface area contributed by atoms with Gasteiger partial charge in [0.15, 0.2) is 0 Å². The molecule has 0 radical (unpaired) electrons. The van der Waals surface area contributed by atoms with Gasteiger partial charge in [0.05, 0.1) is 0 Å². The molecule has 0 aliphatic rings. The van der Waals surface area contributed by atoms with Gasteiger partial charge in [-0.15, -0.1) is 23.2 Å². The van der Waals surface area contributed by atoms with Gasteiger partial charge >= 0.3 is 0 Å². The van der Waals surface area contributed by atoms with Crippen LogP contribution in [0.25, 0.3) is 0 Å². The van der Waals surface area contributed by atoms with Crippen molar-refractivity contribution >= 4 is 11.3 Å². The summed E-state index contributed by atoms with van der Waals surface area (Å²) in [5, 5.41) is 0. The van der Waals surface area contributed by atoms with Gasteiger partial charge in [0.2, 0.25) is 0 Å². The molecule has 0 nitrogen and oxygen atoms in total. The molecule has 0 spiro atoms. The van der Waals surface area contributed by atoms with Crippen LogP contribution in [-0.2, 0) is 12.8 Å². The third-order valence-electron chi connectivity index (χ3n) is 1.74. The maximum atomic E-state index is 3.08. The van der Waals surface area contributed by atoms with Crippen molar-refractivity contribution in [2.45, 2.75) is 33.1 Å². The fourth-order valence-corrected chi connectivity index (χ4v) is 2.01. The molecule has 0 bridgehead atoms. The molecule has 1 heteroatoms. The summed E-state index contributed by atoms with van der Waals surface area (Å²) in [5.74, 6) is 5.99. The molecule has 0 unspecified atom stereocenters. The van der Waals surface area contributed by atoms with E-state index in [0.717, 1.165) is 19.3 Å². The van der Waals surface area contributed by atoms with Crippen LogP contribution in [0.1, 0.15) is 30.0 Å². The van der Waals surface area contributed by atoms with Gasteiger partial charge in [0.25, 0.3) is 0 Å². The van der Waals surface area contributed by atoms with E-state index < -0.39 is 0 Å². The first-order chi connectivity index (χ1) is 5.86. The third kappa shape index (κ3) is 2.71. The van der Waals surface area contributed by atoms with Gasteiger partial charge in [-0.25, -0.2) is 0 Å². The first-order valence-electron chi connectivity index (χ1n) is 4.34. The Bertz CT molecular complexity index is 285. The maximum Gasteiger partial charge on any atom is 0.0137 e. The average Bonchev–Trinajstić information content (AvgIpc) is 2.53. The molecule has 1 rings (SSSR count). The van der Waals surface area contributed by atoms with Crippen molar-refractivity contribution < 1.29 is 0 Å². The molecule has 1 aromatic heterocycles. The fourth-order valence-electron chi connectivity index (χ4n) is 1.06. The SMILES string of the molecule is CC#CCCc1ccc(CC)s1. The van der Waals surface area contributed by atoms with Crippen molar-refractivity contribution in [2.24, 2.45) is 0 Å². The molecule has 0 saturated carbocycles. The Kier molecular flexibility index (Phi) is 3.90. The molecule has 0 saturated heterocycles. The summed E-state index contributed by atoms with van der Waals surface area (Å²) in [5.41, 5.74) is 0. The summed E-state index contributed by atoms with van der Waals surface area (Å²) in [4.78, 5) is 2.95. The second-order valence-corrected chi connectivity index (χ2v) is 3.90. The van der Waals surface area contributed by atoms with Crippen molar-refractivity contribution in [3.05, 3.63) is 21.9 Å². The van der Waals surface area contributed by atoms with Crippen LogP contribution in [0.15, 0.2) is 12.1 Å². The van der Waals surface area contributed by atoms with Crippen LogP contribution >= 0.6 is 11.3 Å². The third-order valence-corrected chi connectivity index (χ3v) is 3.03. The van der Waals surface area contributed by atoms with Gasteiger partial charge in [-0.1, -0.05) is 6.92 Å². The molecular weight excluding hydrogens is 164 g/mol. The minimum atomic E-state index is 1.00. The largest absolute Gasteiger partial charge is 0.145 e. The monoisotopic (exact) mass is 178 g/mol. The molecule has 0 amide bonds. The highest BCUT2D eigenvalue weighted by molar-refractivity contribution is 7.11. The van der Waals surface area contributed by atoms with Gasteiger partial charge in [0.1, 0.15) is 0 Å². The first-order valence-corrected chi connectivity index (χ1v) is 5.15. The van der Waals surface area contributed by atoms with Crippen LogP contribution in [0.5, 0.6) is 0 Å². The van der Waals surface area contributed by atoms with Crippen LogP contribution in [0.3, 0.4) is 0 Å². The zero-order chi connectivity index (χ0) is 8.81. The van der Waals surface area contributed by atoms with Crippen LogP contribution in [0.2, 0.25) is 0 Å². The highest BCUT2D eigenvalue weighted by Crippen LogP contribution is 2.17. The Morgan fingerprint density at radius 2 is 2.08 bits per heavy atom. The van der Waals surface area contributed by atoms with E-state index >= 15 is 0 Å². The van der Waals surface area contributed by atoms with Gasteiger partial charge in [-0.2, -0.15) is 0 Å². The van der Waals surface area contributed by atoms with Crippen LogP contribution < -0.4 is 0 Å². The number of rotatable bonds is 3. The fraction of sp³-hybridized carbons (Fsp3) is 0.455. The minimum absolute atomic E-state index is 1.00. The van der Waals surface area contributed by atoms with Gasteiger partial charge in [-0.05, 0) is 31.9 Å². The number of aryl methyl sites for hydroxylation is 2. The second kappa shape index (κ2) is 5.00. The Morgan fingerprint density at radius 3 is 2.67 bits per heavy atom. The molecule has 0 aromatic carbocycles. The first kappa shape index (κ1) is 9.35. The number of hydrogen-bond donors (Lipinski definition) is 0. The summed E-state index contributed by atoms with van der Waals surface area (Å²) >= 11 is 1.92. The Labute approximate surface area is 78.6 Å². The number of thiophene rings is 1. The van der Waals surface area contributed by atoms with Gasteiger partial charge < -0.3 is 0 Å². The lowest BCUT2D eigenvalue weighted by Crippen LogP contribution is -1.75. The van der Waals surface area contributed by atoms with E-state index in [2.05, 4.69) is 30.9 Å². The topological polar surface area (TPSA) is 0 Å². The minimum Gasteiger partial charge on any atom is -0.145 e. The summed E-state index contributed by atoms with van der Waals surface area (Å²) in [6, 6.07) is 4.44. The molecule has 0 fully saturated rings. The molecule has 0 aliphatic carbocycles.